The largest absolute Gasteiger partial charge is 0.465 e. The summed E-state index contributed by atoms with van der Waals surface area (Å²) >= 11 is 0. The van der Waals surface area contributed by atoms with Gasteiger partial charge >= 0.3 is 5.97 Å². The molecule has 0 aliphatic carbocycles. The molecule has 1 N–H and O–H groups in total. The first kappa shape index (κ1) is 20.5. The standard InChI is InChI=1S/C23H16FNO5S/c1-30-23(27)18-4-2-3-5-21(18)31(28,29)17-10-11-20-15(12-17)13-19(22(26)25-20)14-6-8-16(24)9-7-14/h2-13H,1H3,(H,25,26). The molecule has 1 aromatic heterocycles. The van der Waals surface area contributed by atoms with Crippen molar-refractivity contribution in [3.63, 3.8) is 0 Å². The van der Waals surface area contributed by atoms with Crippen molar-refractivity contribution in [2.45, 2.75) is 9.79 Å². The summed E-state index contributed by atoms with van der Waals surface area (Å²) in [5, 5.41) is 0.468. The van der Waals surface area contributed by atoms with Crippen molar-refractivity contribution in [2.24, 2.45) is 0 Å². The molecule has 0 unspecified atom stereocenters. The minimum atomic E-state index is -4.05. The lowest BCUT2D eigenvalue weighted by Gasteiger charge is -2.10. The zero-order valence-corrected chi connectivity index (χ0v) is 17.1. The van der Waals surface area contributed by atoms with Crippen molar-refractivity contribution >= 4 is 26.7 Å². The van der Waals surface area contributed by atoms with Gasteiger partial charge in [0.25, 0.3) is 5.56 Å². The lowest BCUT2D eigenvalue weighted by Crippen LogP contribution is -2.12. The molecule has 0 aliphatic heterocycles. The average Bonchev–Trinajstić information content (AvgIpc) is 2.78. The zero-order valence-electron chi connectivity index (χ0n) is 16.3. The Morgan fingerprint density at radius 3 is 2.39 bits per heavy atom. The van der Waals surface area contributed by atoms with Crippen molar-refractivity contribution in [1.29, 1.82) is 0 Å². The number of methoxy groups -OCH3 is 1. The number of hydrogen-bond donors (Lipinski definition) is 1. The van der Waals surface area contributed by atoms with Crippen molar-refractivity contribution in [3.8, 4) is 11.1 Å². The Hall–Kier alpha value is -3.78. The molecule has 0 saturated carbocycles. The fourth-order valence-electron chi connectivity index (χ4n) is 3.30. The fraction of sp³-hybridized carbons (Fsp3) is 0.0435. The van der Waals surface area contributed by atoms with E-state index in [9.17, 15) is 22.4 Å². The van der Waals surface area contributed by atoms with Gasteiger partial charge in [-0.2, -0.15) is 0 Å². The van der Waals surface area contributed by atoms with Crippen LogP contribution >= 0.6 is 0 Å². The number of halogens is 1. The molecule has 0 spiro atoms. The summed E-state index contributed by atoms with van der Waals surface area (Å²) in [7, 11) is -2.88. The van der Waals surface area contributed by atoms with Gasteiger partial charge in [-0.1, -0.05) is 24.3 Å². The van der Waals surface area contributed by atoms with Gasteiger partial charge < -0.3 is 9.72 Å². The van der Waals surface area contributed by atoms with Crippen LogP contribution in [0.5, 0.6) is 0 Å². The lowest BCUT2D eigenvalue weighted by molar-refractivity contribution is 0.0596. The lowest BCUT2D eigenvalue weighted by atomic mass is 10.1. The number of carbonyl (C=O) groups excluding carboxylic acids is 1. The summed E-state index contributed by atoms with van der Waals surface area (Å²) in [6, 6.07) is 17.0. The Labute approximate surface area is 176 Å². The van der Waals surface area contributed by atoms with Crippen molar-refractivity contribution < 1.29 is 22.3 Å². The smallest absolute Gasteiger partial charge is 0.339 e. The van der Waals surface area contributed by atoms with Crippen LogP contribution < -0.4 is 5.56 Å². The third kappa shape index (κ3) is 3.73. The molecule has 8 heteroatoms. The van der Waals surface area contributed by atoms with E-state index in [1.807, 2.05) is 0 Å². The Morgan fingerprint density at radius 1 is 0.968 bits per heavy atom. The highest BCUT2D eigenvalue weighted by Crippen LogP contribution is 2.28. The summed E-state index contributed by atoms with van der Waals surface area (Å²) in [6.45, 7) is 0. The average molecular weight is 437 g/mol. The van der Waals surface area contributed by atoms with Crippen LogP contribution in [0.25, 0.3) is 22.0 Å². The number of aromatic nitrogens is 1. The van der Waals surface area contributed by atoms with Gasteiger partial charge in [-0.05, 0) is 54.1 Å². The number of esters is 1. The number of sulfone groups is 1. The highest BCUT2D eigenvalue weighted by Gasteiger charge is 2.25. The van der Waals surface area contributed by atoms with E-state index >= 15 is 0 Å². The van der Waals surface area contributed by atoms with Crippen LogP contribution in [-0.4, -0.2) is 26.5 Å². The van der Waals surface area contributed by atoms with Gasteiger partial charge in [-0.25, -0.2) is 17.6 Å². The molecule has 6 nitrogen and oxygen atoms in total. The molecule has 0 saturated heterocycles. The van der Waals surface area contributed by atoms with E-state index in [1.54, 1.807) is 12.1 Å². The number of nitrogens with one attached hydrogen (secondary N) is 1. The number of ether oxygens (including phenoxy) is 1. The zero-order chi connectivity index (χ0) is 22.2. The number of carbonyl (C=O) groups is 1. The first-order valence-corrected chi connectivity index (χ1v) is 10.6. The minimum Gasteiger partial charge on any atom is -0.465 e. The van der Waals surface area contributed by atoms with Gasteiger partial charge in [0.1, 0.15) is 5.82 Å². The van der Waals surface area contributed by atoms with Gasteiger partial charge in [0.05, 0.1) is 22.5 Å². The predicted octanol–water partition coefficient (Wildman–Crippen LogP) is 3.95. The van der Waals surface area contributed by atoms with E-state index in [0.29, 0.717) is 16.5 Å². The molecule has 0 atom stereocenters. The molecule has 0 amide bonds. The third-order valence-electron chi connectivity index (χ3n) is 4.86. The summed E-state index contributed by atoms with van der Waals surface area (Å²) in [6.07, 6.45) is 0. The quantitative estimate of drug-likeness (QED) is 0.488. The van der Waals surface area contributed by atoms with Crippen LogP contribution in [0, 0.1) is 5.82 Å². The van der Waals surface area contributed by atoms with Crippen molar-refractivity contribution in [3.05, 3.63) is 94.5 Å². The van der Waals surface area contributed by atoms with E-state index in [1.165, 1.54) is 67.8 Å². The number of hydrogen-bond acceptors (Lipinski definition) is 5. The van der Waals surface area contributed by atoms with Gasteiger partial charge in [0.15, 0.2) is 0 Å². The highest BCUT2D eigenvalue weighted by atomic mass is 32.2. The van der Waals surface area contributed by atoms with Crippen LogP contribution in [-0.2, 0) is 14.6 Å². The summed E-state index contributed by atoms with van der Waals surface area (Å²) in [4.78, 5) is 27.0. The number of benzene rings is 3. The predicted molar refractivity (Wildman–Crippen MR) is 113 cm³/mol. The minimum absolute atomic E-state index is 0.0477. The molecule has 4 rings (SSSR count). The van der Waals surface area contributed by atoms with E-state index in [2.05, 4.69) is 4.98 Å². The van der Waals surface area contributed by atoms with E-state index in [4.69, 9.17) is 4.74 Å². The summed E-state index contributed by atoms with van der Waals surface area (Å²) in [5.41, 5.74) is 0.756. The van der Waals surface area contributed by atoms with Crippen LogP contribution in [0.1, 0.15) is 10.4 Å². The van der Waals surface area contributed by atoms with Crippen LogP contribution in [0.15, 0.2) is 87.4 Å². The SMILES string of the molecule is COC(=O)c1ccccc1S(=O)(=O)c1ccc2[nH]c(=O)c(-c3ccc(F)cc3)cc2c1. The molecule has 31 heavy (non-hydrogen) atoms. The highest BCUT2D eigenvalue weighted by molar-refractivity contribution is 7.91. The summed E-state index contributed by atoms with van der Waals surface area (Å²) < 4.78 is 44.4. The van der Waals surface area contributed by atoms with E-state index in [0.717, 1.165) is 0 Å². The Bertz CT molecular complexity index is 1470. The summed E-state index contributed by atoms with van der Waals surface area (Å²) in [5.74, 6) is -1.19. The van der Waals surface area contributed by atoms with Crippen LogP contribution in [0.4, 0.5) is 4.39 Å². The Balaban J connectivity index is 1.88. The molecule has 0 bridgehead atoms. The molecule has 3 aromatic carbocycles. The fourth-order valence-corrected chi connectivity index (χ4v) is 4.78. The number of fused-ring (bicyclic) bond motifs is 1. The molecule has 0 fully saturated rings. The van der Waals surface area contributed by atoms with Gasteiger partial charge in [0, 0.05) is 16.5 Å². The van der Waals surface area contributed by atoms with Crippen molar-refractivity contribution in [1.82, 2.24) is 4.98 Å². The second-order valence-electron chi connectivity index (χ2n) is 6.76. The number of H-pyrrole nitrogens is 1. The maximum atomic E-state index is 13.3. The first-order chi connectivity index (χ1) is 14.8. The molecule has 4 aromatic rings. The van der Waals surface area contributed by atoms with Gasteiger partial charge in [-0.3, -0.25) is 4.79 Å². The van der Waals surface area contributed by atoms with E-state index in [-0.39, 0.29) is 26.5 Å². The maximum absolute atomic E-state index is 13.3. The second kappa shape index (κ2) is 7.81. The third-order valence-corrected chi connectivity index (χ3v) is 6.67. The normalized spacial score (nSPS) is 11.4. The first-order valence-electron chi connectivity index (χ1n) is 9.17. The molecule has 0 aliphatic rings. The van der Waals surface area contributed by atoms with Gasteiger partial charge in [0.2, 0.25) is 9.84 Å². The van der Waals surface area contributed by atoms with Gasteiger partial charge in [-0.15, -0.1) is 0 Å². The van der Waals surface area contributed by atoms with Crippen LogP contribution in [0.2, 0.25) is 0 Å². The monoisotopic (exact) mass is 437 g/mol. The van der Waals surface area contributed by atoms with Crippen LogP contribution in [0.3, 0.4) is 0 Å². The second-order valence-corrected chi connectivity index (χ2v) is 8.68. The number of aromatic amines is 1. The van der Waals surface area contributed by atoms with E-state index < -0.39 is 21.6 Å². The maximum Gasteiger partial charge on any atom is 0.339 e. The number of rotatable bonds is 4. The van der Waals surface area contributed by atoms with Crippen molar-refractivity contribution in [2.75, 3.05) is 7.11 Å². The molecular weight excluding hydrogens is 421 g/mol. The molecule has 0 radical (unpaired) electrons. The molecule has 1 heterocycles. The number of pyridine rings is 1. The topological polar surface area (TPSA) is 93.3 Å². The molecule has 156 valence electrons. The Morgan fingerprint density at radius 2 is 1.68 bits per heavy atom. The molecular formula is C23H16FNO5S. The Kier molecular flexibility index (Phi) is 5.16.